The van der Waals surface area contributed by atoms with E-state index in [4.69, 9.17) is 11.6 Å². The molecule has 3 rings (SSSR count). The summed E-state index contributed by atoms with van der Waals surface area (Å²) in [6.07, 6.45) is 7.10. The highest BCUT2D eigenvalue weighted by molar-refractivity contribution is 7.15. The van der Waals surface area contributed by atoms with Gasteiger partial charge in [-0.25, -0.2) is 4.98 Å². The molecule has 2 heterocycles. The van der Waals surface area contributed by atoms with Gasteiger partial charge in [-0.2, -0.15) is 0 Å². The Labute approximate surface area is 130 Å². The first-order valence-electron chi connectivity index (χ1n) is 6.33. The molecule has 6 heteroatoms. The van der Waals surface area contributed by atoms with Crippen LogP contribution in [0.15, 0.2) is 48.1 Å². The Bertz CT molecular complexity index is 760. The number of nitrogens with zero attached hydrogens (tertiary/aromatic N) is 2. The predicted octanol–water partition coefficient (Wildman–Crippen LogP) is 3.38. The molecule has 1 aromatic carbocycles. The molecular formula is C15H12ClN3OS. The summed E-state index contributed by atoms with van der Waals surface area (Å²) in [5.74, 6) is -0.152. The minimum Gasteiger partial charge on any atom is -0.347 e. The van der Waals surface area contributed by atoms with Gasteiger partial charge in [0.25, 0.3) is 0 Å². The molecule has 0 aliphatic carbocycles. The van der Waals surface area contributed by atoms with E-state index in [2.05, 4.69) is 10.3 Å². The molecule has 0 aliphatic rings. The summed E-state index contributed by atoms with van der Waals surface area (Å²) in [5.41, 5.74) is 1.77. The quantitative estimate of drug-likeness (QED) is 0.750. The number of nitrogens with one attached hydrogen (secondary N) is 1. The number of amides is 1. The van der Waals surface area contributed by atoms with E-state index in [0.717, 1.165) is 16.2 Å². The summed E-state index contributed by atoms with van der Waals surface area (Å²) in [6.45, 7) is 0.415. The monoisotopic (exact) mass is 317 g/mol. The third-order valence-electron chi connectivity index (χ3n) is 2.88. The summed E-state index contributed by atoms with van der Waals surface area (Å²) in [7, 11) is 0. The Hall–Kier alpha value is -2.11. The first-order valence-corrected chi connectivity index (χ1v) is 7.59. The van der Waals surface area contributed by atoms with E-state index in [1.807, 2.05) is 34.3 Å². The van der Waals surface area contributed by atoms with Crippen LogP contribution in [0.5, 0.6) is 0 Å². The van der Waals surface area contributed by atoms with Gasteiger partial charge in [-0.3, -0.25) is 9.20 Å². The van der Waals surface area contributed by atoms with Gasteiger partial charge in [-0.1, -0.05) is 23.7 Å². The van der Waals surface area contributed by atoms with Gasteiger partial charge in [0.05, 0.1) is 12.2 Å². The Balaban J connectivity index is 1.56. The van der Waals surface area contributed by atoms with Crippen LogP contribution in [0.1, 0.15) is 11.3 Å². The molecule has 0 fully saturated rings. The first-order chi connectivity index (χ1) is 10.2. The lowest BCUT2D eigenvalue weighted by Gasteiger charge is -1.98. The molecule has 0 bridgehead atoms. The third kappa shape index (κ3) is 3.51. The number of carbonyl (C=O) groups is 1. The second-order valence-electron chi connectivity index (χ2n) is 4.43. The number of fused-ring (bicyclic) bond motifs is 1. The number of hydrogen-bond acceptors (Lipinski definition) is 3. The molecule has 2 aromatic heterocycles. The molecule has 1 amide bonds. The van der Waals surface area contributed by atoms with Crippen LogP contribution in [-0.4, -0.2) is 15.3 Å². The van der Waals surface area contributed by atoms with E-state index >= 15 is 0 Å². The van der Waals surface area contributed by atoms with Crippen LogP contribution in [0.3, 0.4) is 0 Å². The average Bonchev–Trinajstić information content (AvgIpc) is 3.05. The molecule has 1 N–H and O–H groups in total. The van der Waals surface area contributed by atoms with Crippen LogP contribution in [0.2, 0.25) is 5.02 Å². The van der Waals surface area contributed by atoms with Crippen molar-refractivity contribution in [2.75, 3.05) is 0 Å². The Kier molecular flexibility index (Phi) is 4.03. The number of hydrogen-bond donors (Lipinski definition) is 1. The molecule has 0 spiro atoms. The third-order valence-corrected chi connectivity index (χ3v) is 3.91. The lowest BCUT2D eigenvalue weighted by Crippen LogP contribution is -2.20. The van der Waals surface area contributed by atoms with Crippen LogP contribution in [0.4, 0.5) is 0 Å². The lowest BCUT2D eigenvalue weighted by atomic mass is 10.2. The second kappa shape index (κ2) is 6.11. The fourth-order valence-electron chi connectivity index (χ4n) is 1.84. The second-order valence-corrected chi connectivity index (χ2v) is 5.74. The number of halogens is 1. The fraction of sp³-hybridized carbons (Fsp3) is 0.0667. The maximum absolute atomic E-state index is 11.8. The van der Waals surface area contributed by atoms with Crippen molar-refractivity contribution in [2.24, 2.45) is 0 Å². The van der Waals surface area contributed by atoms with Crippen LogP contribution in [0.25, 0.3) is 11.0 Å². The molecule has 0 saturated heterocycles. The molecule has 0 aliphatic heterocycles. The van der Waals surface area contributed by atoms with Crippen molar-refractivity contribution in [1.29, 1.82) is 0 Å². The van der Waals surface area contributed by atoms with Gasteiger partial charge in [-0.15, -0.1) is 11.3 Å². The number of rotatable bonds is 4. The van der Waals surface area contributed by atoms with Gasteiger partial charge in [0.15, 0.2) is 4.96 Å². The average molecular weight is 318 g/mol. The molecule has 0 atom stereocenters. The van der Waals surface area contributed by atoms with Crippen molar-refractivity contribution in [3.63, 3.8) is 0 Å². The van der Waals surface area contributed by atoms with E-state index < -0.39 is 0 Å². The van der Waals surface area contributed by atoms with E-state index in [0.29, 0.717) is 11.6 Å². The summed E-state index contributed by atoms with van der Waals surface area (Å²) in [5, 5.41) is 5.46. The van der Waals surface area contributed by atoms with Gasteiger partial charge in [-0.05, 0) is 23.8 Å². The van der Waals surface area contributed by atoms with Crippen molar-refractivity contribution < 1.29 is 4.79 Å². The number of aromatic nitrogens is 2. The first kappa shape index (κ1) is 13.9. The number of carbonyl (C=O) groups excluding carboxylic acids is 1. The molecule has 3 aromatic rings. The predicted molar refractivity (Wildman–Crippen MR) is 85.4 cm³/mol. The minimum atomic E-state index is -0.152. The Morgan fingerprint density at radius 2 is 2.19 bits per heavy atom. The van der Waals surface area contributed by atoms with Gasteiger partial charge in [0, 0.05) is 28.9 Å². The highest BCUT2D eigenvalue weighted by Gasteiger charge is 2.03. The van der Waals surface area contributed by atoms with Crippen LogP contribution in [0, 0.1) is 0 Å². The van der Waals surface area contributed by atoms with Crippen LogP contribution >= 0.6 is 22.9 Å². The van der Waals surface area contributed by atoms with Crippen molar-refractivity contribution in [2.45, 2.75) is 6.54 Å². The smallest absolute Gasteiger partial charge is 0.244 e. The topological polar surface area (TPSA) is 46.4 Å². The zero-order valence-corrected chi connectivity index (χ0v) is 12.6. The van der Waals surface area contributed by atoms with E-state index in [9.17, 15) is 4.79 Å². The van der Waals surface area contributed by atoms with Crippen LogP contribution < -0.4 is 5.32 Å². The van der Waals surface area contributed by atoms with Crippen LogP contribution in [-0.2, 0) is 11.3 Å². The lowest BCUT2D eigenvalue weighted by molar-refractivity contribution is -0.116. The normalized spacial score (nSPS) is 11.3. The van der Waals surface area contributed by atoms with Gasteiger partial charge < -0.3 is 5.32 Å². The highest BCUT2D eigenvalue weighted by Crippen LogP contribution is 2.12. The molecule has 0 saturated carbocycles. The molecule has 21 heavy (non-hydrogen) atoms. The van der Waals surface area contributed by atoms with E-state index in [1.54, 1.807) is 29.5 Å². The van der Waals surface area contributed by atoms with Crippen molar-refractivity contribution >= 4 is 39.9 Å². The van der Waals surface area contributed by atoms with Crippen molar-refractivity contribution in [1.82, 2.24) is 14.7 Å². The zero-order valence-electron chi connectivity index (χ0n) is 11.0. The van der Waals surface area contributed by atoms with E-state index in [-0.39, 0.29) is 5.91 Å². The largest absolute Gasteiger partial charge is 0.347 e. The van der Waals surface area contributed by atoms with Gasteiger partial charge in [0.2, 0.25) is 5.91 Å². The maximum Gasteiger partial charge on any atom is 0.244 e. The Morgan fingerprint density at radius 3 is 2.95 bits per heavy atom. The standard InChI is InChI=1S/C15H12ClN3OS/c16-12-4-1-11(2-5-12)3-6-14(20)17-9-13-10-19-7-8-21-15(19)18-13/h1-8,10H,9H2,(H,17,20)/b6-3+. The molecule has 106 valence electrons. The van der Waals surface area contributed by atoms with Gasteiger partial charge >= 0.3 is 0 Å². The molecular weight excluding hydrogens is 306 g/mol. The molecule has 0 radical (unpaired) electrons. The molecule has 0 unspecified atom stereocenters. The summed E-state index contributed by atoms with van der Waals surface area (Å²) >= 11 is 7.37. The van der Waals surface area contributed by atoms with Crippen molar-refractivity contribution in [3.05, 3.63) is 64.4 Å². The Morgan fingerprint density at radius 1 is 1.38 bits per heavy atom. The zero-order chi connectivity index (χ0) is 14.7. The minimum absolute atomic E-state index is 0.152. The SMILES string of the molecule is O=C(/C=C/c1ccc(Cl)cc1)NCc1cn2ccsc2n1. The summed E-state index contributed by atoms with van der Waals surface area (Å²) in [6, 6.07) is 7.29. The fourth-order valence-corrected chi connectivity index (χ4v) is 2.69. The maximum atomic E-state index is 11.8. The summed E-state index contributed by atoms with van der Waals surface area (Å²) < 4.78 is 1.94. The number of thiazole rings is 1. The number of imidazole rings is 1. The van der Waals surface area contributed by atoms with Gasteiger partial charge in [0.1, 0.15) is 0 Å². The van der Waals surface area contributed by atoms with E-state index in [1.165, 1.54) is 6.08 Å². The highest BCUT2D eigenvalue weighted by atomic mass is 35.5. The summed E-state index contributed by atoms with van der Waals surface area (Å²) in [4.78, 5) is 17.1. The molecule has 4 nitrogen and oxygen atoms in total. The number of benzene rings is 1. The van der Waals surface area contributed by atoms with Crippen molar-refractivity contribution in [3.8, 4) is 0 Å².